The summed E-state index contributed by atoms with van der Waals surface area (Å²) in [6, 6.07) is 16.0. The van der Waals surface area contributed by atoms with E-state index in [9.17, 15) is 18.0 Å². The van der Waals surface area contributed by atoms with Crippen molar-refractivity contribution < 1.29 is 22.7 Å². The third-order valence-electron chi connectivity index (χ3n) is 4.48. The minimum atomic E-state index is -3.52. The smallest absolute Gasteiger partial charge is 0.251 e. The quantitative estimate of drug-likeness (QED) is 0.461. The molecule has 0 heterocycles. The van der Waals surface area contributed by atoms with E-state index in [1.54, 1.807) is 18.2 Å². The van der Waals surface area contributed by atoms with Crippen LogP contribution in [-0.2, 0) is 25.8 Å². The summed E-state index contributed by atoms with van der Waals surface area (Å²) in [5, 5.41) is 5.35. The first-order valence-corrected chi connectivity index (χ1v) is 12.2. The molecule has 0 saturated heterocycles. The molecule has 2 aromatic rings. The Balaban J connectivity index is 1.80. The first-order chi connectivity index (χ1) is 14.9. The molecule has 2 N–H and O–H groups in total. The number of nitrogens with one attached hydrogen (secondary N) is 2. The molecule has 0 aliphatic rings. The Morgan fingerprint density at radius 2 is 1.77 bits per heavy atom. The maximum absolute atomic E-state index is 12.3. The molecule has 0 radical (unpaired) electrons. The minimum absolute atomic E-state index is 0.0560. The summed E-state index contributed by atoms with van der Waals surface area (Å²) in [6.07, 6.45) is 1.81. The Morgan fingerprint density at radius 1 is 1.00 bits per heavy atom. The van der Waals surface area contributed by atoms with E-state index in [1.165, 1.54) is 6.07 Å². The summed E-state index contributed by atoms with van der Waals surface area (Å²) in [4.78, 5) is 24.4. The largest absolute Gasteiger partial charge is 0.382 e. The van der Waals surface area contributed by atoms with Crippen molar-refractivity contribution in [2.45, 2.75) is 26.2 Å². The second-order valence-corrected chi connectivity index (χ2v) is 9.30. The Kier molecular flexibility index (Phi) is 10.2. The fraction of sp³-hybridized carbons (Fsp3) is 0.391. The van der Waals surface area contributed by atoms with Gasteiger partial charge in [0.2, 0.25) is 5.91 Å². The first kappa shape index (κ1) is 24.6. The van der Waals surface area contributed by atoms with Gasteiger partial charge in [-0.15, -0.1) is 0 Å². The van der Waals surface area contributed by atoms with Crippen LogP contribution in [-0.4, -0.2) is 51.5 Å². The molecule has 0 aliphatic heterocycles. The van der Waals surface area contributed by atoms with E-state index >= 15 is 0 Å². The van der Waals surface area contributed by atoms with Crippen molar-refractivity contribution in [3.8, 4) is 0 Å². The van der Waals surface area contributed by atoms with Gasteiger partial charge in [0.15, 0.2) is 9.84 Å². The molecule has 0 unspecified atom stereocenters. The molecule has 0 aliphatic carbocycles. The van der Waals surface area contributed by atoms with Crippen LogP contribution in [0.1, 0.15) is 35.7 Å². The number of sulfone groups is 1. The van der Waals surface area contributed by atoms with E-state index in [0.717, 1.165) is 5.56 Å². The van der Waals surface area contributed by atoms with Gasteiger partial charge in [-0.2, -0.15) is 0 Å². The third-order valence-corrected chi connectivity index (χ3v) is 6.09. The topological polar surface area (TPSA) is 102 Å². The predicted molar refractivity (Wildman–Crippen MR) is 122 cm³/mol. The molecule has 0 aromatic heterocycles. The van der Waals surface area contributed by atoms with Crippen LogP contribution >= 0.6 is 0 Å². The molecule has 0 atom stereocenters. The Hall–Kier alpha value is -2.71. The van der Waals surface area contributed by atoms with Crippen LogP contribution in [0.5, 0.6) is 0 Å². The molecule has 31 heavy (non-hydrogen) atoms. The highest BCUT2D eigenvalue weighted by atomic mass is 32.2. The van der Waals surface area contributed by atoms with Crippen LogP contribution in [0.3, 0.4) is 0 Å². The van der Waals surface area contributed by atoms with Crippen LogP contribution in [0, 0.1) is 0 Å². The van der Waals surface area contributed by atoms with Gasteiger partial charge in [0.25, 0.3) is 5.91 Å². The van der Waals surface area contributed by atoms with Crippen molar-refractivity contribution in [2.24, 2.45) is 0 Å². The molecule has 7 nitrogen and oxygen atoms in total. The number of hydrogen-bond donors (Lipinski definition) is 2. The molecular formula is C23H30N2O5S. The number of rotatable bonds is 13. The molecule has 0 spiro atoms. The number of hydrogen-bond acceptors (Lipinski definition) is 5. The summed E-state index contributed by atoms with van der Waals surface area (Å²) in [6.45, 7) is 3.61. The zero-order valence-electron chi connectivity index (χ0n) is 17.8. The van der Waals surface area contributed by atoms with Gasteiger partial charge in [0, 0.05) is 31.0 Å². The lowest BCUT2D eigenvalue weighted by atomic mass is 10.1. The van der Waals surface area contributed by atoms with Crippen molar-refractivity contribution >= 4 is 27.3 Å². The third kappa shape index (κ3) is 9.76. The summed E-state index contributed by atoms with van der Waals surface area (Å²) in [5.74, 6) is -1.52. The zero-order chi connectivity index (χ0) is 22.5. The highest BCUT2D eigenvalue weighted by molar-refractivity contribution is 7.92. The van der Waals surface area contributed by atoms with E-state index in [-0.39, 0.29) is 11.7 Å². The molecular weight excluding hydrogens is 416 g/mol. The van der Waals surface area contributed by atoms with E-state index in [4.69, 9.17) is 4.74 Å². The van der Waals surface area contributed by atoms with Crippen LogP contribution < -0.4 is 10.6 Å². The Labute approximate surface area is 184 Å². The molecule has 0 fully saturated rings. The van der Waals surface area contributed by atoms with Gasteiger partial charge in [-0.3, -0.25) is 9.59 Å². The second kappa shape index (κ2) is 12.9. The second-order valence-electron chi connectivity index (χ2n) is 7.12. The normalized spacial score (nSPS) is 11.1. The Morgan fingerprint density at radius 3 is 2.52 bits per heavy atom. The maximum atomic E-state index is 12.3. The highest BCUT2D eigenvalue weighted by Gasteiger charge is 2.17. The lowest BCUT2D eigenvalue weighted by molar-refractivity contribution is -0.113. The number of benzene rings is 2. The highest BCUT2D eigenvalue weighted by Crippen LogP contribution is 2.11. The molecule has 168 valence electrons. The standard InChI is InChI=1S/C23H30N2O5S/c1-2-30-15-8-14-24-23(27)20-12-6-13-21(17-20)25-22(26)18-31(28,29)16-7-11-19-9-4-3-5-10-19/h3-6,9-10,12-13,17H,2,7-8,11,14-16,18H2,1H3,(H,24,27)(H,25,26). The van der Waals surface area contributed by atoms with Crippen molar-refractivity contribution in [3.63, 3.8) is 0 Å². The zero-order valence-corrected chi connectivity index (χ0v) is 18.6. The number of aryl methyl sites for hydroxylation is 1. The summed E-state index contributed by atoms with van der Waals surface area (Å²) in [7, 11) is -3.52. The summed E-state index contributed by atoms with van der Waals surface area (Å²) >= 11 is 0. The molecule has 2 rings (SSSR count). The first-order valence-electron chi connectivity index (χ1n) is 10.4. The lowest BCUT2D eigenvalue weighted by Crippen LogP contribution is -2.26. The maximum Gasteiger partial charge on any atom is 0.251 e. The van der Waals surface area contributed by atoms with E-state index in [0.29, 0.717) is 50.3 Å². The van der Waals surface area contributed by atoms with Gasteiger partial charge in [-0.05, 0) is 49.9 Å². The van der Waals surface area contributed by atoms with Gasteiger partial charge in [-0.1, -0.05) is 36.4 Å². The number of anilines is 1. The average Bonchev–Trinajstić information content (AvgIpc) is 2.73. The Bertz CT molecular complexity index is 945. The van der Waals surface area contributed by atoms with Crippen LogP contribution in [0.25, 0.3) is 0 Å². The van der Waals surface area contributed by atoms with Crippen molar-refractivity contribution in [2.75, 3.05) is 36.6 Å². The van der Waals surface area contributed by atoms with Crippen molar-refractivity contribution in [3.05, 3.63) is 65.7 Å². The number of ether oxygens (including phenoxy) is 1. The number of carbonyl (C=O) groups is 2. The van der Waals surface area contributed by atoms with Crippen molar-refractivity contribution in [1.29, 1.82) is 0 Å². The molecule has 2 amide bonds. The SMILES string of the molecule is CCOCCCNC(=O)c1cccc(NC(=O)CS(=O)(=O)CCCc2ccccc2)c1. The van der Waals surface area contributed by atoms with Crippen LogP contribution in [0.2, 0.25) is 0 Å². The lowest BCUT2D eigenvalue weighted by Gasteiger charge is -2.09. The van der Waals surface area contributed by atoms with Gasteiger partial charge in [0.05, 0.1) is 5.75 Å². The van der Waals surface area contributed by atoms with E-state index in [2.05, 4.69) is 10.6 Å². The van der Waals surface area contributed by atoms with Gasteiger partial charge in [0.1, 0.15) is 5.75 Å². The van der Waals surface area contributed by atoms with Gasteiger partial charge < -0.3 is 15.4 Å². The minimum Gasteiger partial charge on any atom is -0.382 e. The molecule has 2 aromatic carbocycles. The molecule has 0 saturated carbocycles. The number of carbonyl (C=O) groups excluding carboxylic acids is 2. The summed E-state index contributed by atoms with van der Waals surface area (Å²) < 4.78 is 29.7. The molecule has 8 heteroatoms. The van der Waals surface area contributed by atoms with E-state index < -0.39 is 21.5 Å². The number of amides is 2. The van der Waals surface area contributed by atoms with Crippen LogP contribution in [0.15, 0.2) is 54.6 Å². The van der Waals surface area contributed by atoms with Gasteiger partial charge in [-0.25, -0.2) is 8.42 Å². The molecule has 0 bridgehead atoms. The monoisotopic (exact) mass is 446 g/mol. The van der Waals surface area contributed by atoms with Gasteiger partial charge >= 0.3 is 0 Å². The summed E-state index contributed by atoms with van der Waals surface area (Å²) in [5.41, 5.74) is 1.83. The fourth-order valence-corrected chi connectivity index (χ4v) is 4.17. The van der Waals surface area contributed by atoms with Crippen molar-refractivity contribution in [1.82, 2.24) is 5.32 Å². The fourth-order valence-electron chi connectivity index (χ4n) is 2.97. The average molecular weight is 447 g/mol. The van der Waals surface area contributed by atoms with E-state index in [1.807, 2.05) is 37.3 Å². The predicted octanol–water partition coefficient (Wildman–Crippen LogP) is 2.83. The van der Waals surface area contributed by atoms with Crippen LogP contribution in [0.4, 0.5) is 5.69 Å².